The molecule has 1 aliphatic heterocycles. The molecule has 3 N–H and O–H groups in total. The van der Waals surface area contributed by atoms with Crippen LogP contribution in [0.3, 0.4) is 0 Å². The molecule has 1 heterocycles. The Morgan fingerprint density at radius 2 is 2.12 bits per heavy atom. The van der Waals surface area contributed by atoms with Gasteiger partial charge in [-0.15, -0.1) is 0 Å². The molecule has 1 aromatic rings. The molecule has 0 radical (unpaired) electrons. The Morgan fingerprint density at radius 1 is 1.31 bits per heavy atom. The molecule has 0 fully saturated rings. The summed E-state index contributed by atoms with van der Waals surface area (Å²) in [5.74, 6) is 0. The van der Waals surface area contributed by atoms with Gasteiger partial charge in [0.15, 0.2) is 0 Å². The van der Waals surface area contributed by atoms with Crippen molar-refractivity contribution >= 4 is 5.69 Å². The van der Waals surface area contributed by atoms with Crippen molar-refractivity contribution in [3.8, 4) is 0 Å². The molecule has 3 nitrogen and oxygen atoms in total. The van der Waals surface area contributed by atoms with Crippen LogP contribution in [0.15, 0.2) is 24.3 Å². The van der Waals surface area contributed by atoms with Crippen LogP contribution >= 0.6 is 0 Å². The van der Waals surface area contributed by atoms with E-state index in [1.165, 1.54) is 24.1 Å². The van der Waals surface area contributed by atoms with Gasteiger partial charge < -0.3 is 15.7 Å². The van der Waals surface area contributed by atoms with Crippen molar-refractivity contribution < 1.29 is 5.11 Å². The van der Waals surface area contributed by atoms with Gasteiger partial charge in [0, 0.05) is 18.8 Å². The fourth-order valence-electron chi connectivity index (χ4n) is 2.40. The topological polar surface area (TPSA) is 49.5 Å². The Morgan fingerprint density at radius 3 is 2.88 bits per heavy atom. The lowest BCUT2D eigenvalue weighted by Gasteiger charge is -2.31. The molecule has 2 rings (SSSR count). The number of aryl methyl sites for hydroxylation is 1. The number of fused-ring (bicyclic) bond motifs is 1. The lowest BCUT2D eigenvalue weighted by Crippen LogP contribution is -2.43. The fraction of sp³-hybridized carbons (Fsp3) is 0.538. The molecule has 0 aliphatic carbocycles. The molecule has 0 saturated heterocycles. The van der Waals surface area contributed by atoms with Gasteiger partial charge in [0.1, 0.15) is 0 Å². The summed E-state index contributed by atoms with van der Waals surface area (Å²) in [4.78, 5) is 2.27. The third-order valence-corrected chi connectivity index (χ3v) is 3.32. The van der Waals surface area contributed by atoms with Crippen LogP contribution in [-0.4, -0.2) is 30.8 Å². The van der Waals surface area contributed by atoms with E-state index in [1.54, 1.807) is 0 Å². The van der Waals surface area contributed by atoms with E-state index >= 15 is 0 Å². The number of para-hydroxylation sites is 1. The molecule has 16 heavy (non-hydrogen) atoms. The Hall–Kier alpha value is -1.06. The molecule has 1 aliphatic rings. The molecule has 88 valence electrons. The van der Waals surface area contributed by atoms with Gasteiger partial charge in [-0.3, -0.25) is 0 Å². The lowest BCUT2D eigenvalue weighted by atomic mass is 10.1. The van der Waals surface area contributed by atoms with E-state index in [-0.39, 0.29) is 12.6 Å². The van der Waals surface area contributed by atoms with Crippen LogP contribution in [-0.2, 0) is 6.42 Å². The Balaban J connectivity index is 2.31. The van der Waals surface area contributed by atoms with Gasteiger partial charge in [-0.1, -0.05) is 18.2 Å². The third kappa shape index (κ3) is 2.20. The number of aliphatic hydroxyl groups is 1. The van der Waals surface area contributed by atoms with Crippen molar-refractivity contribution in [2.24, 2.45) is 5.73 Å². The predicted octanol–water partition coefficient (Wildman–Crippen LogP) is 1.15. The standard InChI is InChI=1S/C13H20N2O/c14-9-12(10-16)15-8-4-3-6-11-5-1-2-7-13(11)15/h1-2,5,7,12,16H,3-4,6,8-10,14H2. The third-order valence-electron chi connectivity index (χ3n) is 3.32. The first kappa shape index (κ1) is 11.4. The highest BCUT2D eigenvalue weighted by molar-refractivity contribution is 5.55. The largest absolute Gasteiger partial charge is 0.394 e. The fourth-order valence-corrected chi connectivity index (χ4v) is 2.40. The summed E-state index contributed by atoms with van der Waals surface area (Å²) in [6, 6.07) is 8.51. The molecule has 0 aromatic heterocycles. The van der Waals surface area contributed by atoms with E-state index in [4.69, 9.17) is 5.73 Å². The van der Waals surface area contributed by atoms with E-state index in [0.29, 0.717) is 6.54 Å². The maximum Gasteiger partial charge on any atom is 0.0647 e. The van der Waals surface area contributed by atoms with Gasteiger partial charge in [-0.05, 0) is 30.9 Å². The average Bonchev–Trinajstić information content (AvgIpc) is 2.54. The highest BCUT2D eigenvalue weighted by Gasteiger charge is 2.20. The van der Waals surface area contributed by atoms with Gasteiger partial charge in [0.25, 0.3) is 0 Å². The zero-order valence-electron chi connectivity index (χ0n) is 9.60. The number of hydrogen-bond acceptors (Lipinski definition) is 3. The molecule has 1 aromatic carbocycles. The molecule has 1 unspecified atom stereocenters. The van der Waals surface area contributed by atoms with Crippen molar-refractivity contribution in [1.29, 1.82) is 0 Å². The zero-order chi connectivity index (χ0) is 11.4. The van der Waals surface area contributed by atoms with Crippen LogP contribution < -0.4 is 10.6 Å². The minimum absolute atomic E-state index is 0.0549. The number of rotatable bonds is 3. The first-order chi connectivity index (χ1) is 7.86. The van der Waals surface area contributed by atoms with Crippen molar-refractivity contribution in [2.75, 3.05) is 24.6 Å². The minimum atomic E-state index is 0.0549. The average molecular weight is 220 g/mol. The SMILES string of the molecule is NCC(CO)N1CCCCc2ccccc21. The van der Waals surface area contributed by atoms with Crippen LogP contribution in [0.5, 0.6) is 0 Å². The van der Waals surface area contributed by atoms with Crippen molar-refractivity contribution in [2.45, 2.75) is 25.3 Å². The summed E-state index contributed by atoms with van der Waals surface area (Å²) >= 11 is 0. The quantitative estimate of drug-likeness (QED) is 0.803. The number of benzene rings is 1. The molecule has 1 atom stereocenters. The summed E-state index contributed by atoms with van der Waals surface area (Å²) in [5.41, 5.74) is 8.36. The van der Waals surface area contributed by atoms with Crippen LogP contribution in [0.4, 0.5) is 5.69 Å². The number of anilines is 1. The van der Waals surface area contributed by atoms with Gasteiger partial charge in [-0.2, -0.15) is 0 Å². The number of nitrogens with two attached hydrogens (primary N) is 1. The number of hydrogen-bond donors (Lipinski definition) is 2. The van der Waals surface area contributed by atoms with Gasteiger partial charge in [-0.25, -0.2) is 0 Å². The number of aliphatic hydroxyl groups excluding tert-OH is 1. The molecular weight excluding hydrogens is 200 g/mol. The second kappa shape index (κ2) is 5.32. The molecule has 0 amide bonds. The first-order valence-electron chi connectivity index (χ1n) is 6.02. The smallest absolute Gasteiger partial charge is 0.0647 e. The Bertz CT molecular complexity index is 336. The minimum Gasteiger partial charge on any atom is -0.394 e. The van der Waals surface area contributed by atoms with E-state index in [2.05, 4.69) is 29.2 Å². The molecule has 0 spiro atoms. The highest BCUT2D eigenvalue weighted by atomic mass is 16.3. The van der Waals surface area contributed by atoms with Crippen molar-refractivity contribution in [3.05, 3.63) is 29.8 Å². The summed E-state index contributed by atoms with van der Waals surface area (Å²) in [5, 5.41) is 9.37. The lowest BCUT2D eigenvalue weighted by molar-refractivity contribution is 0.261. The normalized spacial score (nSPS) is 17.8. The summed E-state index contributed by atoms with van der Waals surface area (Å²) < 4.78 is 0. The van der Waals surface area contributed by atoms with E-state index in [0.717, 1.165) is 13.0 Å². The monoisotopic (exact) mass is 220 g/mol. The van der Waals surface area contributed by atoms with Crippen LogP contribution in [0.2, 0.25) is 0 Å². The van der Waals surface area contributed by atoms with Crippen LogP contribution in [0, 0.1) is 0 Å². The zero-order valence-corrected chi connectivity index (χ0v) is 9.60. The second-order valence-electron chi connectivity index (χ2n) is 4.35. The van der Waals surface area contributed by atoms with Crippen molar-refractivity contribution in [1.82, 2.24) is 0 Å². The van der Waals surface area contributed by atoms with E-state index in [1.807, 2.05) is 0 Å². The van der Waals surface area contributed by atoms with Gasteiger partial charge >= 0.3 is 0 Å². The highest BCUT2D eigenvalue weighted by Crippen LogP contribution is 2.27. The molecule has 3 heteroatoms. The Labute approximate surface area is 96.9 Å². The molecule has 0 saturated carbocycles. The molecule has 0 bridgehead atoms. The summed E-state index contributed by atoms with van der Waals surface area (Å²) in [6.45, 7) is 1.63. The van der Waals surface area contributed by atoms with Gasteiger partial charge in [0.2, 0.25) is 0 Å². The maximum absolute atomic E-state index is 9.37. The number of nitrogens with zero attached hydrogens (tertiary/aromatic N) is 1. The van der Waals surface area contributed by atoms with Crippen LogP contribution in [0.1, 0.15) is 18.4 Å². The van der Waals surface area contributed by atoms with E-state index in [9.17, 15) is 5.11 Å². The van der Waals surface area contributed by atoms with Crippen molar-refractivity contribution in [3.63, 3.8) is 0 Å². The van der Waals surface area contributed by atoms with E-state index < -0.39 is 0 Å². The Kier molecular flexibility index (Phi) is 3.80. The first-order valence-corrected chi connectivity index (χ1v) is 6.02. The summed E-state index contributed by atoms with van der Waals surface area (Å²) in [6.07, 6.45) is 3.52. The molecular formula is C13H20N2O. The van der Waals surface area contributed by atoms with Gasteiger partial charge in [0.05, 0.1) is 12.6 Å². The summed E-state index contributed by atoms with van der Waals surface area (Å²) in [7, 11) is 0. The predicted molar refractivity (Wildman–Crippen MR) is 66.7 cm³/mol. The maximum atomic E-state index is 9.37. The van der Waals surface area contributed by atoms with Crippen LogP contribution in [0.25, 0.3) is 0 Å². The second-order valence-corrected chi connectivity index (χ2v) is 4.35.